The summed E-state index contributed by atoms with van der Waals surface area (Å²) in [6.07, 6.45) is 3.79. The van der Waals surface area contributed by atoms with E-state index in [1.807, 2.05) is 37.4 Å². The van der Waals surface area contributed by atoms with Crippen LogP contribution in [0, 0.1) is 5.92 Å². The molecule has 2 unspecified atom stereocenters. The van der Waals surface area contributed by atoms with Gasteiger partial charge in [0.05, 0.1) is 40.4 Å². The first-order valence-corrected chi connectivity index (χ1v) is 18.4. The molecule has 0 aliphatic carbocycles. The Kier molecular flexibility index (Phi) is 9.57. The van der Waals surface area contributed by atoms with E-state index in [0.717, 1.165) is 52.2 Å². The first-order valence-electron chi connectivity index (χ1n) is 18.4. The second-order valence-corrected chi connectivity index (χ2v) is 14.3. The third-order valence-electron chi connectivity index (χ3n) is 10.5. The third kappa shape index (κ3) is 7.27. The molecule has 55 heavy (non-hydrogen) atoms. The Bertz CT molecular complexity index is 2380. The fraction of sp³-hybridized carbons (Fsp3) is 0.333. The number of nitrogens with one attached hydrogen (secondary N) is 5. The molecule has 16 heteroatoms. The highest BCUT2D eigenvalue weighted by molar-refractivity contribution is 6.25. The van der Waals surface area contributed by atoms with Crippen molar-refractivity contribution in [2.75, 3.05) is 36.8 Å². The molecule has 0 spiro atoms. The zero-order valence-corrected chi connectivity index (χ0v) is 30.2. The minimum absolute atomic E-state index is 0.0215. The maximum absolute atomic E-state index is 13.3. The van der Waals surface area contributed by atoms with Gasteiger partial charge >= 0.3 is 0 Å². The van der Waals surface area contributed by atoms with Crippen LogP contribution in [0.5, 0.6) is 0 Å². The number of hydrogen-bond acceptors (Lipinski definition) is 10. The number of nitrogens with zero attached hydrogens (tertiary/aromatic N) is 5. The smallest absolute Gasteiger partial charge is 0.264 e. The van der Waals surface area contributed by atoms with Crippen LogP contribution in [0.15, 0.2) is 60.8 Å². The SMILES string of the molecule is Cn1ncc2cc(C(=O)Nc3ccc4nc(CN5CCC(CC(=O)NCCCNc6cccc7c6C(=O)N(C6CCC(=O)NC6=O)C7=O)C5)[nH]c4c3)ccc21. The maximum atomic E-state index is 13.3. The molecule has 5 aromatic rings. The van der Waals surface area contributed by atoms with E-state index in [9.17, 15) is 28.8 Å². The lowest BCUT2D eigenvalue weighted by Gasteiger charge is -2.27. The Hall–Kier alpha value is -6.42. The Morgan fingerprint density at radius 1 is 0.982 bits per heavy atom. The molecule has 6 amide bonds. The van der Waals surface area contributed by atoms with Crippen LogP contribution in [0.4, 0.5) is 11.4 Å². The average molecular weight is 745 g/mol. The predicted molar refractivity (Wildman–Crippen MR) is 202 cm³/mol. The van der Waals surface area contributed by atoms with Gasteiger partial charge in [-0.05, 0) is 80.3 Å². The van der Waals surface area contributed by atoms with Crippen LogP contribution >= 0.6 is 0 Å². The van der Waals surface area contributed by atoms with Crippen molar-refractivity contribution in [3.8, 4) is 0 Å². The van der Waals surface area contributed by atoms with E-state index in [2.05, 4.69) is 36.2 Å². The van der Waals surface area contributed by atoms with Crippen molar-refractivity contribution >= 4 is 68.8 Å². The molecule has 2 fully saturated rings. The number of amides is 6. The maximum Gasteiger partial charge on any atom is 0.264 e. The number of piperidine rings is 1. The van der Waals surface area contributed by atoms with E-state index in [0.29, 0.717) is 49.4 Å². The molecule has 0 radical (unpaired) electrons. The number of aryl methyl sites for hydroxylation is 1. The van der Waals surface area contributed by atoms with Gasteiger partial charge in [0.25, 0.3) is 17.7 Å². The highest BCUT2D eigenvalue weighted by atomic mass is 16.2. The number of H-pyrrole nitrogens is 1. The van der Waals surface area contributed by atoms with E-state index in [1.165, 1.54) is 0 Å². The zero-order chi connectivity index (χ0) is 38.2. The molecule has 3 aliphatic rings. The number of carbonyl (C=O) groups is 6. The van der Waals surface area contributed by atoms with Gasteiger partial charge < -0.3 is 20.9 Å². The summed E-state index contributed by atoms with van der Waals surface area (Å²) in [5.41, 5.74) is 4.70. The molecule has 3 aliphatic heterocycles. The third-order valence-corrected chi connectivity index (χ3v) is 10.5. The molecule has 0 bridgehead atoms. The fourth-order valence-corrected chi connectivity index (χ4v) is 7.69. The Morgan fingerprint density at radius 3 is 2.71 bits per heavy atom. The van der Waals surface area contributed by atoms with Crippen molar-refractivity contribution in [2.24, 2.45) is 13.0 Å². The van der Waals surface area contributed by atoms with Crippen molar-refractivity contribution in [1.82, 2.24) is 40.2 Å². The number of likely N-dealkylation sites (tertiary alicyclic amines) is 1. The molecule has 8 rings (SSSR count). The summed E-state index contributed by atoms with van der Waals surface area (Å²) < 4.78 is 1.77. The quantitative estimate of drug-likeness (QED) is 0.0934. The van der Waals surface area contributed by atoms with Gasteiger partial charge in [-0.3, -0.25) is 48.6 Å². The molecule has 16 nitrogen and oxygen atoms in total. The predicted octanol–water partition coefficient (Wildman–Crippen LogP) is 2.93. The molecular weight excluding hydrogens is 704 g/mol. The summed E-state index contributed by atoms with van der Waals surface area (Å²) in [7, 11) is 1.86. The average Bonchev–Trinajstić information content (AvgIpc) is 3.94. The molecule has 282 valence electrons. The van der Waals surface area contributed by atoms with Crippen LogP contribution in [0.1, 0.15) is 69.0 Å². The monoisotopic (exact) mass is 744 g/mol. The van der Waals surface area contributed by atoms with Gasteiger partial charge in [-0.25, -0.2) is 4.98 Å². The Balaban J connectivity index is 0.771. The van der Waals surface area contributed by atoms with Crippen molar-refractivity contribution in [3.05, 3.63) is 83.3 Å². The summed E-state index contributed by atoms with van der Waals surface area (Å²) in [4.78, 5) is 87.5. The van der Waals surface area contributed by atoms with Gasteiger partial charge in [0.2, 0.25) is 17.7 Å². The molecule has 2 aromatic heterocycles. The number of imidazole rings is 1. The normalized spacial score (nSPS) is 18.6. The van der Waals surface area contributed by atoms with E-state index in [1.54, 1.807) is 35.1 Å². The first kappa shape index (κ1) is 35.6. The molecule has 5 N–H and O–H groups in total. The second-order valence-electron chi connectivity index (χ2n) is 14.3. The number of hydrogen-bond donors (Lipinski definition) is 5. The topological polar surface area (TPSA) is 204 Å². The van der Waals surface area contributed by atoms with Gasteiger partial charge in [0.1, 0.15) is 11.9 Å². The standard InChI is InChI=1S/C39H40N10O6/c1-47-30-9-6-23(17-24(30)19-42-47)36(52)43-25-7-8-27-29(18-25)45-32(44-27)21-48-15-12-22(20-48)16-34(51)41-14-3-13-40-28-5-2-4-26-35(28)39(55)49(38(26)54)31-10-11-33(50)46-37(31)53/h2,4-9,17-19,22,31,40H,3,10-16,20-21H2,1H3,(H,41,51)(H,43,52)(H,44,45)(H,46,50,53). The van der Waals surface area contributed by atoms with Crippen LogP contribution in [0.3, 0.4) is 0 Å². The summed E-state index contributed by atoms with van der Waals surface area (Å²) >= 11 is 0. The zero-order valence-electron chi connectivity index (χ0n) is 30.2. The van der Waals surface area contributed by atoms with Gasteiger partial charge in [-0.1, -0.05) is 6.07 Å². The lowest BCUT2D eigenvalue weighted by molar-refractivity contribution is -0.136. The largest absolute Gasteiger partial charge is 0.384 e. The van der Waals surface area contributed by atoms with Gasteiger partial charge in [-0.15, -0.1) is 0 Å². The first-order chi connectivity index (χ1) is 26.6. The van der Waals surface area contributed by atoms with E-state index in [-0.39, 0.29) is 41.7 Å². The van der Waals surface area contributed by atoms with Crippen molar-refractivity contribution in [3.63, 3.8) is 0 Å². The number of aromatic amines is 1. The number of imide groups is 2. The molecule has 0 saturated carbocycles. The van der Waals surface area contributed by atoms with Crippen molar-refractivity contribution in [2.45, 2.75) is 44.7 Å². The number of benzene rings is 3. The molecular formula is C39H40N10O6. The minimum atomic E-state index is -1.03. The van der Waals surface area contributed by atoms with E-state index in [4.69, 9.17) is 4.98 Å². The number of carbonyl (C=O) groups excluding carboxylic acids is 6. The van der Waals surface area contributed by atoms with E-state index >= 15 is 0 Å². The summed E-state index contributed by atoms with van der Waals surface area (Å²) in [6, 6.07) is 15.0. The minimum Gasteiger partial charge on any atom is -0.384 e. The molecule has 3 aromatic carbocycles. The van der Waals surface area contributed by atoms with Gasteiger partial charge in [-0.2, -0.15) is 5.10 Å². The molecule has 2 atom stereocenters. The number of aromatic nitrogens is 4. The van der Waals surface area contributed by atoms with Crippen LogP contribution in [-0.4, -0.2) is 97.2 Å². The lowest BCUT2D eigenvalue weighted by Crippen LogP contribution is -2.54. The van der Waals surface area contributed by atoms with Gasteiger partial charge in [0.15, 0.2) is 0 Å². The van der Waals surface area contributed by atoms with E-state index < -0.39 is 29.7 Å². The van der Waals surface area contributed by atoms with Crippen molar-refractivity contribution < 1.29 is 28.8 Å². The Morgan fingerprint density at radius 2 is 1.85 bits per heavy atom. The summed E-state index contributed by atoms with van der Waals surface area (Å²) in [5.74, 6) is -1.39. The van der Waals surface area contributed by atoms with Crippen LogP contribution in [-0.2, 0) is 28.0 Å². The number of anilines is 2. The van der Waals surface area contributed by atoms with Gasteiger partial charge in [0, 0.05) is 61.8 Å². The van der Waals surface area contributed by atoms with Crippen LogP contribution in [0.2, 0.25) is 0 Å². The fourth-order valence-electron chi connectivity index (χ4n) is 7.69. The number of rotatable bonds is 12. The summed E-state index contributed by atoms with van der Waals surface area (Å²) in [6.45, 7) is 3.13. The molecule has 5 heterocycles. The highest BCUT2D eigenvalue weighted by Gasteiger charge is 2.45. The van der Waals surface area contributed by atoms with Crippen LogP contribution in [0.25, 0.3) is 21.9 Å². The second kappa shape index (κ2) is 14.8. The highest BCUT2D eigenvalue weighted by Crippen LogP contribution is 2.32. The molecule has 2 saturated heterocycles. The Labute approximate surface area is 315 Å². The van der Waals surface area contributed by atoms with Crippen LogP contribution < -0.4 is 21.3 Å². The summed E-state index contributed by atoms with van der Waals surface area (Å²) in [5, 5.41) is 16.5. The number of fused-ring (bicyclic) bond motifs is 3. The lowest BCUT2D eigenvalue weighted by atomic mass is 10.0. The van der Waals surface area contributed by atoms with Crippen molar-refractivity contribution in [1.29, 1.82) is 0 Å².